The van der Waals surface area contributed by atoms with E-state index in [1.807, 2.05) is 0 Å². The fourth-order valence-corrected chi connectivity index (χ4v) is 3.08. The minimum absolute atomic E-state index is 0.0671. The van der Waals surface area contributed by atoms with Gasteiger partial charge in [-0.3, -0.25) is 0 Å². The molecule has 5 unspecified atom stereocenters. The lowest BCUT2D eigenvalue weighted by atomic mass is 9.95. The van der Waals surface area contributed by atoms with E-state index in [9.17, 15) is 30.6 Å². The van der Waals surface area contributed by atoms with Crippen LogP contribution in [0.15, 0.2) is 0 Å². The summed E-state index contributed by atoms with van der Waals surface area (Å²) in [5, 5.41) is 59.0. The molecule has 0 aromatic rings. The molecule has 6 N–H and O–H groups in total. The monoisotopic (exact) mass is 356 g/mol. The zero-order valence-corrected chi connectivity index (χ0v) is 13.4. The fraction of sp³-hybridized carbons (Fsp3) is 1.00. The summed E-state index contributed by atoms with van der Waals surface area (Å²) in [5.74, 6) is 0.0671. The first-order chi connectivity index (χ1) is 10.8. The molecule has 0 aliphatic carbocycles. The average Bonchev–Trinajstić information content (AvgIpc) is 2.55. The number of ether oxygens (including phenoxy) is 3. The highest BCUT2D eigenvalue weighted by Crippen LogP contribution is 2.29. The molecule has 0 aromatic carbocycles. The molecule has 10 atom stereocenters. The maximum Gasteiger partial charge on any atom is 0.187 e. The van der Waals surface area contributed by atoms with E-state index in [0.717, 1.165) is 0 Å². The van der Waals surface area contributed by atoms with Crippen LogP contribution in [0.25, 0.3) is 0 Å². The summed E-state index contributed by atoms with van der Waals surface area (Å²) >= 11 is 3.99. The third kappa shape index (κ3) is 3.82. The molecule has 2 heterocycles. The van der Waals surface area contributed by atoms with Gasteiger partial charge >= 0.3 is 0 Å². The third-order valence-electron chi connectivity index (χ3n) is 4.24. The normalized spacial score (nSPS) is 51.7. The number of rotatable bonds is 4. The van der Waals surface area contributed by atoms with Gasteiger partial charge in [-0.25, -0.2) is 0 Å². The van der Waals surface area contributed by atoms with E-state index in [-0.39, 0.29) is 5.75 Å². The molecule has 0 saturated carbocycles. The summed E-state index contributed by atoms with van der Waals surface area (Å²) in [7, 11) is 0. The second kappa shape index (κ2) is 7.91. The van der Waals surface area contributed by atoms with E-state index in [4.69, 9.17) is 14.2 Å². The molecule has 9 nitrogen and oxygen atoms in total. The van der Waals surface area contributed by atoms with Gasteiger partial charge in [0.25, 0.3) is 0 Å². The van der Waals surface area contributed by atoms with Crippen molar-refractivity contribution in [2.24, 2.45) is 0 Å². The van der Waals surface area contributed by atoms with Gasteiger partial charge in [-0.05, 0) is 6.92 Å². The van der Waals surface area contributed by atoms with Crippen LogP contribution >= 0.6 is 12.6 Å². The standard InChI is InChI=1S/C13H24O9S/c1-4-7(15)10(18)12(5(2-14)20-4)22-13-11(19)9(17)8(16)6(3-23)21-13/h4-19,23H,2-3H2,1H3/t4?,5?,6?,7?,8-,9-,10+,11?,12+,13-/m0/s1. The van der Waals surface area contributed by atoms with Crippen molar-refractivity contribution in [3.63, 3.8) is 0 Å². The summed E-state index contributed by atoms with van der Waals surface area (Å²) in [4.78, 5) is 0. The Morgan fingerprint density at radius 1 is 0.870 bits per heavy atom. The van der Waals surface area contributed by atoms with Crippen molar-refractivity contribution >= 4 is 12.6 Å². The van der Waals surface area contributed by atoms with Crippen molar-refractivity contribution in [3.05, 3.63) is 0 Å². The SMILES string of the molecule is CC1OC(CO)[C@@H](O[C@@H]2OC(CS)[C@H](O)[C@H](O)C2O)[C@H](O)C1O. The molecule has 2 fully saturated rings. The van der Waals surface area contributed by atoms with Gasteiger partial charge in [-0.15, -0.1) is 0 Å². The van der Waals surface area contributed by atoms with Crippen molar-refractivity contribution in [3.8, 4) is 0 Å². The van der Waals surface area contributed by atoms with Gasteiger partial charge in [0.15, 0.2) is 6.29 Å². The summed E-state index contributed by atoms with van der Waals surface area (Å²) in [6, 6.07) is 0. The van der Waals surface area contributed by atoms with E-state index in [1.165, 1.54) is 6.92 Å². The number of hydrogen-bond acceptors (Lipinski definition) is 10. The highest BCUT2D eigenvalue weighted by atomic mass is 32.1. The van der Waals surface area contributed by atoms with Gasteiger partial charge in [0.05, 0.1) is 18.8 Å². The quantitative estimate of drug-likeness (QED) is 0.256. The maximum absolute atomic E-state index is 10.1. The van der Waals surface area contributed by atoms with Crippen LogP contribution in [0.3, 0.4) is 0 Å². The number of hydrogen-bond donors (Lipinski definition) is 7. The first-order valence-electron chi connectivity index (χ1n) is 7.40. The Kier molecular flexibility index (Phi) is 6.65. The molecule has 2 aliphatic rings. The lowest BCUT2D eigenvalue weighted by molar-refractivity contribution is -0.336. The van der Waals surface area contributed by atoms with E-state index >= 15 is 0 Å². The number of thiol groups is 1. The Morgan fingerprint density at radius 2 is 1.52 bits per heavy atom. The van der Waals surface area contributed by atoms with Gasteiger partial charge in [0.2, 0.25) is 0 Å². The van der Waals surface area contributed by atoms with Crippen LogP contribution in [0.1, 0.15) is 6.92 Å². The van der Waals surface area contributed by atoms with Crippen LogP contribution in [0.2, 0.25) is 0 Å². The molecule has 136 valence electrons. The van der Waals surface area contributed by atoms with E-state index in [0.29, 0.717) is 0 Å². The second-order valence-electron chi connectivity index (χ2n) is 5.84. The minimum atomic E-state index is -1.58. The first-order valence-corrected chi connectivity index (χ1v) is 8.03. The minimum Gasteiger partial charge on any atom is -0.394 e. The highest BCUT2D eigenvalue weighted by molar-refractivity contribution is 7.80. The van der Waals surface area contributed by atoms with Crippen LogP contribution in [0.4, 0.5) is 0 Å². The van der Waals surface area contributed by atoms with Gasteiger partial charge in [-0.1, -0.05) is 0 Å². The van der Waals surface area contributed by atoms with Crippen molar-refractivity contribution < 1.29 is 44.8 Å². The molecular formula is C13H24O9S. The van der Waals surface area contributed by atoms with Gasteiger partial charge in [0.1, 0.15) is 42.7 Å². The molecule has 0 bridgehead atoms. The molecule has 0 radical (unpaired) electrons. The maximum atomic E-state index is 10.1. The molecule has 10 heteroatoms. The lowest BCUT2D eigenvalue weighted by Crippen LogP contribution is -2.64. The zero-order valence-electron chi connectivity index (χ0n) is 12.5. The lowest BCUT2D eigenvalue weighted by Gasteiger charge is -2.45. The average molecular weight is 356 g/mol. The Morgan fingerprint density at radius 3 is 2.09 bits per heavy atom. The summed E-state index contributed by atoms with van der Waals surface area (Å²) in [6.07, 6.45) is -12.2. The van der Waals surface area contributed by atoms with Gasteiger partial charge in [0, 0.05) is 5.75 Å². The van der Waals surface area contributed by atoms with Crippen molar-refractivity contribution in [2.75, 3.05) is 12.4 Å². The molecule has 23 heavy (non-hydrogen) atoms. The smallest absolute Gasteiger partial charge is 0.187 e. The Labute approximate surface area is 138 Å². The Hall–Kier alpha value is -0.0100. The predicted molar refractivity (Wildman–Crippen MR) is 78.8 cm³/mol. The van der Waals surface area contributed by atoms with Crippen LogP contribution < -0.4 is 0 Å². The molecule has 0 amide bonds. The van der Waals surface area contributed by atoms with Gasteiger partial charge in [-0.2, -0.15) is 12.6 Å². The van der Waals surface area contributed by atoms with Crippen molar-refractivity contribution in [1.29, 1.82) is 0 Å². The Balaban J connectivity index is 2.11. The van der Waals surface area contributed by atoms with E-state index < -0.39 is 67.8 Å². The summed E-state index contributed by atoms with van der Waals surface area (Å²) in [5.41, 5.74) is 0. The third-order valence-corrected chi connectivity index (χ3v) is 4.60. The molecule has 2 aliphatic heterocycles. The molecule has 2 rings (SSSR count). The number of aliphatic hydroxyl groups excluding tert-OH is 6. The molecule has 0 aromatic heterocycles. The summed E-state index contributed by atoms with van der Waals surface area (Å²) in [6.45, 7) is 1.05. The first kappa shape index (κ1) is 19.3. The summed E-state index contributed by atoms with van der Waals surface area (Å²) < 4.78 is 16.2. The number of aliphatic hydroxyl groups is 6. The van der Waals surface area contributed by atoms with Crippen LogP contribution in [-0.4, -0.2) is 104 Å². The van der Waals surface area contributed by atoms with Crippen molar-refractivity contribution in [2.45, 2.75) is 68.1 Å². The highest BCUT2D eigenvalue weighted by Gasteiger charge is 2.49. The predicted octanol–water partition coefficient (Wildman–Crippen LogP) is -3.39. The van der Waals surface area contributed by atoms with E-state index in [2.05, 4.69) is 12.6 Å². The van der Waals surface area contributed by atoms with Crippen LogP contribution in [0.5, 0.6) is 0 Å². The van der Waals surface area contributed by atoms with Gasteiger partial charge < -0.3 is 44.8 Å². The van der Waals surface area contributed by atoms with Crippen molar-refractivity contribution in [1.82, 2.24) is 0 Å². The van der Waals surface area contributed by atoms with Crippen LogP contribution in [-0.2, 0) is 14.2 Å². The topological polar surface area (TPSA) is 149 Å². The van der Waals surface area contributed by atoms with Crippen LogP contribution in [0, 0.1) is 0 Å². The molecular weight excluding hydrogens is 332 g/mol. The molecule has 0 spiro atoms. The molecule has 2 saturated heterocycles. The van der Waals surface area contributed by atoms with E-state index in [1.54, 1.807) is 0 Å². The Bertz CT molecular complexity index is 382. The largest absolute Gasteiger partial charge is 0.394 e. The zero-order chi connectivity index (χ0) is 17.3. The fourth-order valence-electron chi connectivity index (χ4n) is 2.78. The second-order valence-corrected chi connectivity index (χ2v) is 6.21.